The molecule has 2 aromatic heterocycles. The summed E-state index contributed by atoms with van der Waals surface area (Å²) in [4.78, 5) is 3.99. The van der Waals surface area contributed by atoms with Gasteiger partial charge in [0.1, 0.15) is 0 Å². The zero-order chi connectivity index (χ0) is 12.1. The number of nitrogens with two attached hydrogens (primary N) is 1. The van der Waals surface area contributed by atoms with E-state index in [4.69, 9.17) is 10.5 Å². The molecule has 90 valence electrons. The van der Waals surface area contributed by atoms with E-state index in [9.17, 15) is 0 Å². The van der Waals surface area contributed by atoms with Gasteiger partial charge in [0.05, 0.1) is 6.61 Å². The molecule has 5 heteroatoms. The summed E-state index contributed by atoms with van der Waals surface area (Å²) < 4.78 is 5.34. The predicted molar refractivity (Wildman–Crippen MR) is 66.4 cm³/mol. The smallest absolute Gasteiger partial charge is 0.153 e. The molecule has 0 aliphatic heterocycles. The van der Waals surface area contributed by atoms with Gasteiger partial charge in [0.15, 0.2) is 5.82 Å². The van der Waals surface area contributed by atoms with Gasteiger partial charge in [-0.2, -0.15) is 5.10 Å². The summed E-state index contributed by atoms with van der Waals surface area (Å²) >= 11 is 0. The molecule has 0 aliphatic rings. The minimum absolute atomic E-state index is 0.516. The monoisotopic (exact) mass is 232 g/mol. The first-order valence-electron chi connectivity index (χ1n) is 5.63. The molecule has 2 rings (SSSR count). The van der Waals surface area contributed by atoms with Gasteiger partial charge >= 0.3 is 0 Å². The highest BCUT2D eigenvalue weighted by molar-refractivity contribution is 5.75. The molecule has 0 amide bonds. The summed E-state index contributed by atoms with van der Waals surface area (Å²) in [6.07, 6.45) is 4.26. The van der Waals surface area contributed by atoms with E-state index in [0.29, 0.717) is 19.0 Å². The fraction of sp³-hybridized carbons (Fsp3) is 0.333. The lowest BCUT2D eigenvalue weighted by molar-refractivity contribution is 0.150. The Morgan fingerprint density at radius 2 is 2.12 bits per heavy atom. The van der Waals surface area contributed by atoms with E-state index >= 15 is 0 Å². The van der Waals surface area contributed by atoms with Gasteiger partial charge in [-0.3, -0.25) is 10.1 Å². The zero-order valence-corrected chi connectivity index (χ0v) is 9.81. The lowest BCUT2D eigenvalue weighted by atomic mass is 10.1. The maximum Gasteiger partial charge on any atom is 0.153 e. The molecular formula is C12H16N4O. The van der Waals surface area contributed by atoms with Crippen LogP contribution in [0.4, 0.5) is 5.82 Å². The van der Waals surface area contributed by atoms with E-state index in [1.807, 2.05) is 19.1 Å². The Morgan fingerprint density at radius 3 is 2.82 bits per heavy atom. The van der Waals surface area contributed by atoms with Crippen LogP contribution in [0.1, 0.15) is 12.6 Å². The largest absolute Gasteiger partial charge is 0.382 e. The number of anilines is 1. The standard InChI is InChI=1S/C12H16N4O/c1-2-17-8-5-10-11(12(13)16-15-10)9-3-6-14-7-4-9/h3-4,6-7H,2,5,8H2,1H3,(H3,13,15,16). The summed E-state index contributed by atoms with van der Waals surface area (Å²) in [6, 6.07) is 3.84. The van der Waals surface area contributed by atoms with Crippen molar-refractivity contribution in [2.75, 3.05) is 18.9 Å². The first-order chi connectivity index (χ1) is 8.33. The van der Waals surface area contributed by atoms with E-state index in [1.165, 1.54) is 0 Å². The predicted octanol–water partition coefficient (Wildman–Crippen LogP) is 1.63. The van der Waals surface area contributed by atoms with E-state index in [2.05, 4.69) is 15.2 Å². The highest BCUT2D eigenvalue weighted by Crippen LogP contribution is 2.27. The molecule has 2 aromatic rings. The molecule has 0 saturated carbocycles. The Balaban J connectivity index is 2.24. The number of nitrogens with one attached hydrogen (secondary N) is 1. The molecule has 0 spiro atoms. The zero-order valence-electron chi connectivity index (χ0n) is 9.81. The normalized spacial score (nSPS) is 10.6. The van der Waals surface area contributed by atoms with Crippen LogP contribution >= 0.6 is 0 Å². The maximum absolute atomic E-state index is 5.87. The lowest BCUT2D eigenvalue weighted by Gasteiger charge is -2.04. The van der Waals surface area contributed by atoms with Crippen molar-refractivity contribution in [2.45, 2.75) is 13.3 Å². The average molecular weight is 232 g/mol. The fourth-order valence-corrected chi connectivity index (χ4v) is 1.73. The third kappa shape index (κ3) is 2.62. The van der Waals surface area contributed by atoms with Crippen molar-refractivity contribution in [1.29, 1.82) is 0 Å². The van der Waals surface area contributed by atoms with Gasteiger partial charge in [-0.15, -0.1) is 0 Å². The molecule has 0 saturated heterocycles. The number of hydrogen-bond acceptors (Lipinski definition) is 4. The Labute approximate surface area is 100 Å². The Morgan fingerprint density at radius 1 is 1.35 bits per heavy atom. The summed E-state index contributed by atoms with van der Waals surface area (Å²) in [6.45, 7) is 3.36. The van der Waals surface area contributed by atoms with Gasteiger partial charge in [0, 0.05) is 36.7 Å². The second kappa shape index (κ2) is 5.45. The topological polar surface area (TPSA) is 76.8 Å². The Hall–Kier alpha value is -1.88. The van der Waals surface area contributed by atoms with Crippen molar-refractivity contribution in [2.24, 2.45) is 0 Å². The molecule has 5 nitrogen and oxygen atoms in total. The minimum atomic E-state index is 0.516. The number of H-pyrrole nitrogens is 1. The van der Waals surface area contributed by atoms with E-state index < -0.39 is 0 Å². The molecule has 0 aliphatic carbocycles. The van der Waals surface area contributed by atoms with Gasteiger partial charge in [-0.1, -0.05) is 0 Å². The highest BCUT2D eigenvalue weighted by Gasteiger charge is 2.12. The molecule has 2 heterocycles. The SMILES string of the molecule is CCOCCc1[nH]nc(N)c1-c1ccncc1. The number of ether oxygens (including phenoxy) is 1. The third-order valence-corrected chi connectivity index (χ3v) is 2.54. The third-order valence-electron chi connectivity index (χ3n) is 2.54. The van der Waals surface area contributed by atoms with Gasteiger partial charge in [-0.25, -0.2) is 0 Å². The number of nitrogens with zero attached hydrogens (tertiary/aromatic N) is 2. The molecule has 0 atom stereocenters. The van der Waals surface area contributed by atoms with Crippen LogP contribution in [0.5, 0.6) is 0 Å². The van der Waals surface area contributed by atoms with Crippen molar-refractivity contribution >= 4 is 5.82 Å². The van der Waals surface area contributed by atoms with Crippen LogP contribution in [0.2, 0.25) is 0 Å². The first kappa shape index (κ1) is 11.6. The summed E-state index contributed by atoms with van der Waals surface area (Å²) in [5.41, 5.74) is 8.85. The molecule has 0 unspecified atom stereocenters. The van der Waals surface area contributed by atoms with Crippen molar-refractivity contribution < 1.29 is 4.74 Å². The van der Waals surface area contributed by atoms with Crippen LogP contribution in [-0.4, -0.2) is 28.4 Å². The number of pyridine rings is 1. The Bertz CT molecular complexity index is 467. The molecule has 3 N–H and O–H groups in total. The maximum atomic E-state index is 5.87. The molecule has 17 heavy (non-hydrogen) atoms. The van der Waals surface area contributed by atoms with Gasteiger partial charge < -0.3 is 10.5 Å². The van der Waals surface area contributed by atoms with Crippen LogP contribution in [0.3, 0.4) is 0 Å². The Kier molecular flexibility index (Phi) is 3.72. The first-order valence-corrected chi connectivity index (χ1v) is 5.63. The van der Waals surface area contributed by atoms with Crippen LogP contribution in [0.15, 0.2) is 24.5 Å². The minimum Gasteiger partial charge on any atom is -0.382 e. The van der Waals surface area contributed by atoms with Crippen LogP contribution in [0, 0.1) is 0 Å². The summed E-state index contributed by atoms with van der Waals surface area (Å²) in [7, 11) is 0. The van der Waals surface area contributed by atoms with E-state index in [0.717, 1.165) is 23.2 Å². The van der Waals surface area contributed by atoms with Crippen molar-refractivity contribution in [3.05, 3.63) is 30.2 Å². The molecule has 0 radical (unpaired) electrons. The number of rotatable bonds is 5. The number of hydrogen-bond donors (Lipinski definition) is 2. The lowest BCUT2D eigenvalue weighted by Crippen LogP contribution is -2.00. The molecule has 0 bridgehead atoms. The van der Waals surface area contributed by atoms with Gasteiger partial charge in [0.25, 0.3) is 0 Å². The van der Waals surface area contributed by atoms with Crippen molar-refractivity contribution in [1.82, 2.24) is 15.2 Å². The van der Waals surface area contributed by atoms with Gasteiger partial charge in [0.2, 0.25) is 0 Å². The second-order valence-electron chi connectivity index (χ2n) is 3.65. The highest BCUT2D eigenvalue weighted by atomic mass is 16.5. The van der Waals surface area contributed by atoms with Crippen LogP contribution in [-0.2, 0) is 11.2 Å². The average Bonchev–Trinajstić information content (AvgIpc) is 2.72. The van der Waals surface area contributed by atoms with Crippen LogP contribution in [0.25, 0.3) is 11.1 Å². The van der Waals surface area contributed by atoms with E-state index in [1.54, 1.807) is 12.4 Å². The fourth-order valence-electron chi connectivity index (χ4n) is 1.73. The number of nitrogen functional groups attached to an aromatic ring is 1. The molecular weight excluding hydrogens is 216 g/mol. The van der Waals surface area contributed by atoms with Crippen molar-refractivity contribution in [3.8, 4) is 11.1 Å². The van der Waals surface area contributed by atoms with Crippen LogP contribution < -0.4 is 5.73 Å². The number of aromatic nitrogens is 3. The molecule has 0 aromatic carbocycles. The molecule has 0 fully saturated rings. The number of aromatic amines is 1. The van der Waals surface area contributed by atoms with E-state index in [-0.39, 0.29) is 0 Å². The second-order valence-corrected chi connectivity index (χ2v) is 3.65. The van der Waals surface area contributed by atoms with Gasteiger partial charge in [-0.05, 0) is 24.6 Å². The summed E-state index contributed by atoms with van der Waals surface area (Å²) in [5.74, 6) is 0.516. The quantitative estimate of drug-likeness (QED) is 0.768. The summed E-state index contributed by atoms with van der Waals surface area (Å²) in [5, 5.41) is 7.00. The van der Waals surface area contributed by atoms with Crippen molar-refractivity contribution in [3.63, 3.8) is 0 Å².